The highest BCUT2D eigenvalue weighted by Gasteiger charge is 2.43. The molecular formula is C13H18O6. The van der Waals surface area contributed by atoms with Crippen LogP contribution in [-0.2, 0) is 11.3 Å². The van der Waals surface area contributed by atoms with Gasteiger partial charge < -0.3 is 30.3 Å². The zero-order valence-corrected chi connectivity index (χ0v) is 10.3. The van der Waals surface area contributed by atoms with Crippen molar-refractivity contribution in [2.24, 2.45) is 0 Å². The monoisotopic (exact) mass is 270 g/mol. The molecule has 0 unspecified atom stereocenters. The van der Waals surface area contributed by atoms with Crippen LogP contribution in [0.25, 0.3) is 0 Å². The predicted octanol–water partition coefficient (Wildman–Crippen LogP) is -1.31. The molecule has 1 saturated heterocycles. The van der Waals surface area contributed by atoms with E-state index in [1.165, 1.54) is 0 Å². The molecule has 106 valence electrons. The summed E-state index contributed by atoms with van der Waals surface area (Å²) in [6, 6.07) is 6.74. The van der Waals surface area contributed by atoms with Gasteiger partial charge in [-0.25, -0.2) is 0 Å². The predicted molar refractivity (Wildman–Crippen MR) is 65.1 cm³/mol. The van der Waals surface area contributed by atoms with Gasteiger partial charge in [0, 0.05) is 0 Å². The number of aliphatic hydroxyl groups excluding tert-OH is 5. The third-order valence-electron chi connectivity index (χ3n) is 3.35. The minimum Gasteiger partial charge on any atom is -0.394 e. The Kier molecular flexibility index (Phi) is 4.51. The number of rotatable bonds is 3. The highest BCUT2D eigenvalue weighted by Crippen LogP contribution is 2.32. The van der Waals surface area contributed by atoms with Crippen LogP contribution in [0.5, 0.6) is 0 Å². The van der Waals surface area contributed by atoms with Crippen LogP contribution in [0.2, 0.25) is 0 Å². The average molecular weight is 270 g/mol. The smallest absolute Gasteiger partial charge is 0.113 e. The van der Waals surface area contributed by atoms with Crippen molar-refractivity contribution in [2.45, 2.75) is 37.1 Å². The molecule has 2 rings (SSSR count). The van der Waals surface area contributed by atoms with Crippen LogP contribution in [-0.4, -0.2) is 56.6 Å². The Morgan fingerprint density at radius 2 is 1.74 bits per heavy atom. The fourth-order valence-electron chi connectivity index (χ4n) is 2.25. The Morgan fingerprint density at radius 3 is 2.37 bits per heavy atom. The Morgan fingerprint density at radius 1 is 1.00 bits per heavy atom. The van der Waals surface area contributed by atoms with Gasteiger partial charge in [-0.1, -0.05) is 24.3 Å². The van der Waals surface area contributed by atoms with E-state index in [1.54, 1.807) is 24.3 Å². The summed E-state index contributed by atoms with van der Waals surface area (Å²) in [6.07, 6.45) is -5.85. The summed E-state index contributed by atoms with van der Waals surface area (Å²) in [5, 5.41) is 47.6. The van der Waals surface area contributed by atoms with Gasteiger partial charge in [0.2, 0.25) is 0 Å². The largest absolute Gasteiger partial charge is 0.394 e. The first-order valence-electron chi connectivity index (χ1n) is 6.08. The van der Waals surface area contributed by atoms with E-state index in [1.807, 2.05) is 0 Å². The lowest BCUT2D eigenvalue weighted by molar-refractivity contribution is -0.231. The molecule has 1 aliphatic heterocycles. The molecule has 0 aliphatic carbocycles. The van der Waals surface area contributed by atoms with E-state index in [2.05, 4.69) is 0 Å². The molecule has 0 saturated carbocycles. The Hall–Kier alpha value is -1.02. The van der Waals surface area contributed by atoms with E-state index >= 15 is 0 Å². The maximum absolute atomic E-state index is 9.96. The molecule has 1 aliphatic rings. The first-order chi connectivity index (χ1) is 9.08. The Balaban J connectivity index is 2.26. The number of aliphatic hydroxyl groups is 5. The molecule has 1 heterocycles. The van der Waals surface area contributed by atoms with E-state index in [-0.39, 0.29) is 6.61 Å². The van der Waals surface area contributed by atoms with Crippen molar-refractivity contribution >= 4 is 0 Å². The lowest BCUT2D eigenvalue weighted by Crippen LogP contribution is -2.55. The maximum atomic E-state index is 9.96. The molecule has 19 heavy (non-hydrogen) atoms. The molecule has 1 fully saturated rings. The van der Waals surface area contributed by atoms with Crippen LogP contribution in [0, 0.1) is 0 Å². The first-order valence-corrected chi connectivity index (χ1v) is 6.08. The quantitative estimate of drug-likeness (QED) is 0.466. The second-order valence-corrected chi connectivity index (χ2v) is 4.65. The van der Waals surface area contributed by atoms with Crippen LogP contribution < -0.4 is 0 Å². The van der Waals surface area contributed by atoms with E-state index in [4.69, 9.17) is 14.9 Å². The van der Waals surface area contributed by atoms with Gasteiger partial charge in [-0.05, 0) is 11.1 Å². The van der Waals surface area contributed by atoms with Crippen molar-refractivity contribution in [1.29, 1.82) is 0 Å². The van der Waals surface area contributed by atoms with Crippen LogP contribution in [0.1, 0.15) is 17.2 Å². The first kappa shape index (κ1) is 14.4. The standard InChI is InChI=1S/C13H18O6/c14-5-7-2-1-3-8(4-7)13-12(18)11(17)10(16)9(6-15)19-13/h1-4,9-18H,5-6H2/t9-,10-,11+,12+,13-/m1/s1. The van der Waals surface area contributed by atoms with Crippen molar-refractivity contribution < 1.29 is 30.3 Å². The topological polar surface area (TPSA) is 110 Å². The summed E-state index contributed by atoms with van der Waals surface area (Å²) in [7, 11) is 0. The Bertz CT molecular complexity index is 421. The normalized spacial score (nSPS) is 35.3. The highest BCUT2D eigenvalue weighted by atomic mass is 16.5. The van der Waals surface area contributed by atoms with Crippen molar-refractivity contribution in [3.05, 3.63) is 35.4 Å². The van der Waals surface area contributed by atoms with Crippen LogP contribution >= 0.6 is 0 Å². The van der Waals surface area contributed by atoms with Crippen molar-refractivity contribution in [2.75, 3.05) is 6.61 Å². The summed E-state index contributed by atoms with van der Waals surface area (Å²) >= 11 is 0. The zero-order valence-electron chi connectivity index (χ0n) is 10.3. The summed E-state index contributed by atoms with van der Waals surface area (Å²) in [5.74, 6) is 0. The van der Waals surface area contributed by atoms with Gasteiger partial charge in [0.25, 0.3) is 0 Å². The molecule has 6 heteroatoms. The summed E-state index contributed by atoms with van der Waals surface area (Å²) in [6.45, 7) is -0.605. The molecule has 0 bridgehead atoms. The van der Waals surface area contributed by atoms with Crippen molar-refractivity contribution in [1.82, 2.24) is 0 Å². The zero-order chi connectivity index (χ0) is 14.0. The van der Waals surface area contributed by atoms with Gasteiger partial charge in [0.1, 0.15) is 30.5 Å². The van der Waals surface area contributed by atoms with Gasteiger partial charge in [-0.3, -0.25) is 0 Å². The van der Waals surface area contributed by atoms with Gasteiger partial charge in [-0.15, -0.1) is 0 Å². The second kappa shape index (κ2) is 5.96. The third kappa shape index (κ3) is 2.79. The molecule has 0 spiro atoms. The van der Waals surface area contributed by atoms with Crippen molar-refractivity contribution in [3.8, 4) is 0 Å². The van der Waals surface area contributed by atoms with Crippen LogP contribution in [0.3, 0.4) is 0 Å². The molecular weight excluding hydrogens is 252 g/mol. The SMILES string of the molecule is OCc1cccc([C@H]2O[C@H](CO)[C@@H](O)[C@H](O)[C@@H]2O)c1. The van der Waals surface area contributed by atoms with Crippen molar-refractivity contribution in [3.63, 3.8) is 0 Å². The van der Waals surface area contributed by atoms with Gasteiger partial charge in [0.05, 0.1) is 13.2 Å². The lowest BCUT2D eigenvalue weighted by Gasteiger charge is -2.40. The summed E-state index contributed by atoms with van der Waals surface area (Å²) in [5.41, 5.74) is 1.22. The number of benzene rings is 1. The molecule has 1 aromatic rings. The molecule has 0 amide bonds. The average Bonchev–Trinajstić information content (AvgIpc) is 2.45. The lowest BCUT2D eigenvalue weighted by atomic mass is 9.91. The van der Waals surface area contributed by atoms with Gasteiger partial charge in [0.15, 0.2) is 0 Å². The minimum atomic E-state index is -1.39. The van der Waals surface area contributed by atoms with E-state index < -0.39 is 37.1 Å². The number of hydrogen-bond donors (Lipinski definition) is 5. The highest BCUT2D eigenvalue weighted by molar-refractivity contribution is 5.26. The molecule has 6 nitrogen and oxygen atoms in total. The van der Waals surface area contributed by atoms with E-state index in [0.29, 0.717) is 11.1 Å². The third-order valence-corrected chi connectivity index (χ3v) is 3.35. The maximum Gasteiger partial charge on any atom is 0.113 e. The number of ether oxygens (including phenoxy) is 1. The van der Waals surface area contributed by atoms with Crippen LogP contribution in [0.4, 0.5) is 0 Å². The second-order valence-electron chi connectivity index (χ2n) is 4.65. The molecule has 1 aromatic carbocycles. The van der Waals surface area contributed by atoms with E-state index in [0.717, 1.165) is 0 Å². The summed E-state index contributed by atoms with van der Waals surface area (Å²) in [4.78, 5) is 0. The molecule has 5 N–H and O–H groups in total. The van der Waals surface area contributed by atoms with Gasteiger partial charge in [-0.2, -0.15) is 0 Å². The van der Waals surface area contributed by atoms with Crippen LogP contribution in [0.15, 0.2) is 24.3 Å². The molecule has 0 radical (unpaired) electrons. The van der Waals surface area contributed by atoms with Gasteiger partial charge >= 0.3 is 0 Å². The fourth-order valence-corrected chi connectivity index (χ4v) is 2.25. The minimum absolute atomic E-state index is 0.148. The summed E-state index contributed by atoms with van der Waals surface area (Å²) < 4.78 is 5.42. The fraction of sp³-hybridized carbons (Fsp3) is 0.538. The molecule has 0 aromatic heterocycles. The van der Waals surface area contributed by atoms with E-state index in [9.17, 15) is 15.3 Å². The number of hydrogen-bond acceptors (Lipinski definition) is 6. The Labute approximate surface area is 110 Å². The molecule has 5 atom stereocenters.